The highest BCUT2D eigenvalue weighted by Crippen LogP contribution is 2.30. The van der Waals surface area contributed by atoms with Gasteiger partial charge in [-0.05, 0) is 23.8 Å². The first-order chi connectivity index (χ1) is 8.22. The van der Waals surface area contributed by atoms with Crippen LogP contribution in [0.3, 0.4) is 0 Å². The van der Waals surface area contributed by atoms with Crippen LogP contribution in [-0.4, -0.2) is 0 Å². The van der Waals surface area contributed by atoms with Crippen molar-refractivity contribution in [1.29, 1.82) is 0 Å². The molecule has 0 aromatic heterocycles. The molecule has 0 bridgehead atoms. The second-order valence-electron chi connectivity index (χ2n) is 3.51. The minimum atomic E-state index is 0.675. The summed E-state index contributed by atoms with van der Waals surface area (Å²) in [6.07, 6.45) is 0. The van der Waals surface area contributed by atoms with Gasteiger partial charge in [-0.15, -0.1) is 0 Å². The lowest BCUT2D eigenvalue weighted by molar-refractivity contribution is 1.55. The monoisotopic (exact) mass is 282 g/mol. The highest BCUT2D eigenvalue weighted by Gasteiger charge is 2.07. The smallest absolute Gasteiger partial charge is 0.0484 e. The van der Waals surface area contributed by atoms with Gasteiger partial charge in [-0.1, -0.05) is 65.1 Å². The maximum atomic E-state index is 6.15. The molecule has 0 spiro atoms. The van der Waals surface area contributed by atoms with Crippen molar-refractivity contribution in [1.82, 2.24) is 0 Å². The maximum absolute atomic E-state index is 6.15. The molecule has 0 atom stereocenters. The third-order valence-electron chi connectivity index (χ3n) is 2.43. The molecule has 2 rings (SSSR count). The third kappa shape index (κ3) is 2.84. The first-order valence-electron chi connectivity index (χ1n) is 5.03. The van der Waals surface area contributed by atoms with Crippen LogP contribution in [0.5, 0.6) is 0 Å². The molecule has 3 heteroatoms. The van der Waals surface area contributed by atoms with Crippen molar-refractivity contribution in [2.24, 2.45) is 0 Å². The Hall–Kier alpha value is -0.950. The van der Waals surface area contributed by atoms with E-state index in [1.165, 1.54) is 5.54 Å². The van der Waals surface area contributed by atoms with Crippen LogP contribution in [0.15, 0.2) is 54.1 Å². The van der Waals surface area contributed by atoms with E-state index in [2.05, 4.69) is 0 Å². The van der Waals surface area contributed by atoms with Gasteiger partial charge in [0.1, 0.15) is 0 Å². The average molecular weight is 284 g/mol. The second-order valence-corrected chi connectivity index (χ2v) is 4.57. The molecule has 0 aliphatic rings. The van der Waals surface area contributed by atoms with Gasteiger partial charge < -0.3 is 0 Å². The predicted octanol–water partition coefficient (Wildman–Crippen LogP) is 5.62. The fourth-order valence-corrected chi connectivity index (χ4v) is 2.19. The van der Waals surface area contributed by atoms with Gasteiger partial charge in [0.15, 0.2) is 0 Å². The lowest BCUT2D eigenvalue weighted by Crippen LogP contribution is -1.88. The van der Waals surface area contributed by atoms with E-state index in [1.807, 2.05) is 48.5 Å². The standard InChI is InChI=1S/C14H9Cl3/c15-9-13(10-5-7-11(16)8-6-10)12-3-1-2-4-14(12)17/h1-9H/b13-9+. The van der Waals surface area contributed by atoms with E-state index in [4.69, 9.17) is 34.8 Å². The van der Waals surface area contributed by atoms with Crippen molar-refractivity contribution in [3.63, 3.8) is 0 Å². The summed E-state index contributed by atoms with van der Waals surface area (Å²) < 4.78 is 0. The normalized spacial score (nSPS) is 11.6. The number of hydrogen-bond donors (Lipinski definition) is 0. The van der Waals surface area contributed by atoms with Crippen LogP contribution < -0.4 is 0 Å². The largest absolute Gasteiger partial charge is 0.0923 e. The van der Waals surface area contributed by atoms with Crippen molar-refractivity contribution in [2.75, 3.05) is 0 Å². The first kappa shape index (κ1) is 12.5. The van der Waals surface area contributed by atoms with E-state index >= 15 is 0 Å². The zero-order valence-electron chi connectivity index (χ0n) is 8.83. The molecule has 0 nitrogen and oxygen atoms in total. The van der Waals surface area contributed by atoms with Gasteiger partial charge in [-0.25, -0.2) is 0 Å². The Bertz CT molecular complexity index is 542. The quantitative estimate of drug-likeness (QED) is 0.671. The Kier molecular flexibility index (Phi) is 4.11. The molecular weight excluding hydrogens is 275 g/mol. The van der Waals surface area contributed by atoms with E-state index in [0.717, 1.165) is 16.7 Å². The molecule has 17 heavy (non-hydrogen) atoms. The zero-order valence-corrected chi connectivity index (χ0v) is 11.1. The minimum absolute atomic E-state index is 0.675. The topological polar surface area (TPSA) is 0 Å². The minimum Gasteiger partial charge on any atom is -0.0923 e. The van der Waals surface area contributed by atoms with Crippen LogP contribution in [0.4, 0.5) is 0 Å². The van der Waals surface area contributed by atoms with Crippen LogP contribution in [0, 0.1) is 0 Å². The fraction of sp³-hybridized carbons (Fsp3) is 0. The van der Waals surface area contributed by atoms with E-state index in [9.17, 15) is 0 Å². The number of benzene rings is 2. The lowest BCUT2D eigenvalue weighted by Gasteiger charge is -2.09. The van der Waals surface area contributed by atoms with Crippen LogP contribution in [-0.2, 0) is 0 Å². The summed E-state index contributed by atoms with van der Waals surface area (Å²) in [4.78, 5) is 0. The molecule has 0 N–H and O–H groups in total. The van der Waals surface area contributed by atoms with Gasteiger partial charge in [0.25, 0.3) is 0 Å². The molecular formula is C14H9Cl3. The highest BCUT2D eigenvalue weighted by molar-refractivity contribution is 6.34. The SMILES string of the molecule is Cl/C=C(\c1ccc(Cl)cc1)c1ccccc1Cl. The van der Waals surface area contributed by atoms with E-state index in [-0.39, 0.29) is 0 Å². The summed E-state index contributed by atoms with van der Waals surface area (Å²) in [7, 11) is 0. The Balaban J connectivity index is 2.49. The van der Waals surface area contributed by atoms with Crippen LogP contribution >= 0.6 is 34.8 Å². The van der Waals surface area contributed by atoms with Crippen LogP contribution in [0.2, 0.25) is 10.0 Å². The van der Waals surface area contributed by atoms with Crippen molar-refractivity contribution in [3.8, 4) is 0 Å². The van der Waals surface area contributed by atoms with Gasteiger partial charge in [0.2, 0.25) is 0 Å². The molecule has 0 aliphatic carbocycles. The van der Waals surface area contributed by atoms with Crippen LogP contribution in [0.25, 0.3) is 5.57 Å². The van der Waals surface area contributed by atoms with Gasteiger partial charge in [-0.3, -0.25) is 0 Å². The maximum Gasteiger partial charge on any atom is 0.0484 e. The second kappa shape index (κ2) is 5.59. The highest BCUT2D eigenvalue weighted by atomic mass is 35.5. The molecule has 2 aromatic carbocycles. The fourth-order valence-electron chi connectivity index (χ4n) is 1.59. The summed E-state index contributed by atoms with van der Waals surface area (Å²) in [6, 6.07) is 15.1. The summed E-state index contributed by atoms with van der Waals surface area (Å²) in [5.74, 6) is 0. The molecule has 0 unspecified atom stereocenters. The first-order valence-corrected chi connectivity index (χ1v) is 6.23. The Morgan fingerprint density at radius 2 is 1.53 bits per heavy atom. The number of halogens is 3. The van der Waals surface area contributed by atoms with Gasteiger partial charge >= 0.3 is 0 Å². The lowest BCUT2D eigenvalue weighted by atomic mass is 10.00. The van der Waals surface area contributed by atoms with E-state index in [0.29, 0.717) is 10.0 Å². The molecule has 0 saturated heterocycles. The molecule has 86 valence electrons. The molecule has 0 saturated carbocycles. The summed E-state index contributed by atoms with van der Waals surface area (Å²) in [5, 5.41) is 1.37. The Morgan fingerprint density at radius 1 is 0.882 bits per heavy atom. The summed E-state index contributed by atoms with van der Waals surface area (Å²) in [6.45, 7) is 0. The van der Waals surface area contributed by atoms with Crippen molar-refractivity contribution < 1.29 is 0 Å². The molecule has 2 aromatic rings. The summed E-state index contributed by atoms with van der Waals surface area (Å²) >= 11 is 17.9. The van der Waals surface area contributed by atoms with Gasteiger partial charge in [0.05, 0.1) is 0 Å². The Morgan fingerprint density at radius 3 is 2.12 bits per heavy atom. The molecule has 0 amide bonds. The van der Waals surface area contributed by atoms with Crippen molar-refractivity contribution in [3.05, 3.63) is 75.2 Å². The number of hydrogen-bond acceptors (Lipinski definition) is 0. The van der Waals surface area contributed by atoms with Crippen molar-refractivity contribution in [2.45, 2.75) is 0 Å². The Labute approximate surface area is 115 Å². The molecule has 0 fully saturated rings. The average Bonchev–Trinajstić information content (AvgIpc) is 2.35. The van der Waals surface area contributed by atoms with E-state index < -0.39 is 0 Å². The molecule has 0 aliphatic heterocycles. The zero-order chi connectivity index (χ0) is 12.3. The van der Waals surface area contributed by atoms with Crippen molar-refractivity contribution >= 4 is 40.4 Å². The number of rotatable bonds is 2. The van der Waals surface area contributed by atoms with Gasteiger partial charge in [-0.2, -0.15) is 0 Å². The molecule has 0 heterocycles. The van der Waals surface area contributed by atoms with Crippen LogP contribution in [0.1, 0.15) is 11.1 Å². The predicted molar refractivity (Wildman–Crippen MR) is 75.8 cm³/mol. The third-order valence-corrected chi connectivity index (χ3v) is 3.23. The summed E-state index contributed by atoms with van der Waals surface area (Å²) in [5.41, 5.74) is 4.31. The molecule has 0 radical (unpaired) electrons. The van der Waals surface area contributed by atoms with Gasteiger partial charge in [0, 0.05) is 26.7 Å². The van der Waals surface area contributed by atoms with E-state index in [1.54, 1.807) is 0 Å².